The van der Waals surface area contributed by atoms with Crippen molar-refractivity contribution in [3.8, 4) is 0 Å². The van der Waals surface area contributed by atoms with Gasteiger partial charge < -0.3 is 10.2 Å². The van der Waals surface area contributed by atoms with Gasteiger partial charge in [-0.2, -0.15) is 0 Å². The molecular weight excluding hydrogens is 569 g/mol. The number of carbonyl (C=O) groups is 2. The third kappa shape index (κ3) is 7.77. The molecule has 40 heavy (non-hydrogen) atoms. The number of benzene rings is 3. The summed E-state index contributed by atoms with van der Waals surface area (Å²) in [6.45, 7) is 8.85. The van der Waals surface area contributed by atoms with Crippen LogP contribution in [0.4, 0.5) is 5.69 Å². The Balaban J connectivity index is 2.04. The van der Waals surface area contributed by atoms with E-state index in [9.17, 15) is 18.0 Å². The minimum atomic E-state index is -4.12. The van der Waals surface area contributed by atoms with E-state index in [0.717, 1.165) is 9.87 Å². The number of amides is 2. The first-order chi connectivity index (χ1) is 18.8. The molecular formula is C30H35Cl2N3O4S. The molecule has 2 amide bonds. The summed E-state index contributed by atoms with van der Waals surface area (Å²) in [6, 6.07) is 19.0. The number of rotatable bonds is 11. The van der Waals surface area contributed by atoms with Gasteiger partial charge >= 0.3 is 0 Å². The third-order valence-corrected chi connectivity index (χ3v) is 8.92. The maximum atomic E-state index is 13.9. The van der Waals surface area contributed by atoms with Crippen molar-refractivity contribution >= 4 is 50.7 Å². The fraction of sp³-hybridized carbons (Fsp3) is 0.333. The van der Waals surface area contributed by atoms with Crippen LogP contribution in [0.25, 0.3) is 0 Å². The van der Waals surface area contributed by atoms with E-state index in [4.69, 9.17) is 23.2 Å². The van der Waals surface area contributed by atoms with E-state index < -0.39 is 28.5 Å². The smallest absolute Gasteiger partial charge is 0.264 e. The second kappa shape index (κ2) is 13.5. The molecule has 10 heteroatoms. The maximum absolute atomic E-state index is 13.9. The number of anilines is 1. The van der Waals surface area contributed by atoms with Gasteiger partial charge in [-0.05, 0) is 74.2 Å². The molecule has 1 N–H and O–H groups in total. The molecule has 0 radical (unpaired) electrons. The Morgan fingerprint density at radius 3 is 2.02 bits per heavy atom. The largest absolute Gasteiger partial charge is 0.352 e. The normalized spacial score (nSPS) is 12.3. The summed E-state index contributed by atoms with van der Waals surface area (Å²) >= 11 is 12.3. The van der Waals surface area contributed by atoms with Crippen molar-refractivity contribution < 1.29 is 18.0 Å². The molecule has 214 valence electrons. The average Bonchev–Trinajstić information content (AvgIpc) is 2.91. The van der Waals surface area contributed by atoms with Crippen LogP contribution in [-0.4, -0.2) is 43.8 Å². The number of hydrogen-bond donors (Lipinski definition) is 1. The summed E-state index contributed by atoms with van der Waals surface area (Å²) < 4.78 is 28.8. The zero-order valence-electron chi connectivity index (χ0n) is 23.3. The highest BCUT2D eigenvalue weighted by Crippen LogP contribution is 2.27. The van der Waals surface area contributed by atoms with Gasteiger partial charge in [0.1, 0.15) is 12.6 Å². The highest BCUT2D eigenvalue weighted by Gasteiger charge is 2.32. The van der Waals surface area contributed by atoms with Gasteiger partial charge in [-0.3, -0.25) is 13.9 Å². The molecule has 3 aromatic carbocycles. The van der Waals surface area contributed by atoms with Crippen LogP contribution in [0.3, 0.4) is 0 Å². The van der Waals surface area contributed by atoms with Crippen molar-refractivity contribution in [3.05, 3.63) is 94.0 Å². The summed E-state index contributed by atoms with van der Waals surface area (Å²) in [5.41, 5.74) is 2.02. The highest BCUT2D eigenvalue weighted by atomic mass is 35.5. The third-order valence-electron chi connectivity index (χ3n) is 6.39. The molecule has 0 bridgehead atoms. The Labute approximate surface area is 247 Å². The molecule has 0 fully saturated rings. The van der Waals surface area contributed by atoms with Gasteiger partial charge in [0, 0.05) is 12.6 Å². The Morgan fingerprint density at radius 2 is 1.48 bits per heavy atom. The fourth-order valence-electron chi connectivity index (χ4n) is 4.10. The van der Waals surface area contributed by atoms with E-state index >= 15 is 0 Å². The van der Waals surface area contributed by atoms with Crippen LogP contribution in [0.2, 0.25) is 10.0 Å². The lowest BCUT2D eigenvalue weighted by Gasteiger charge is -2.32. The molecule has 3 aromatic rings. The van der Waals surface area contributed by atoms with Gasteiger partial charge in [-0.15, -0.1) is 0 Å². The lowest BCUT2D eigenvalue weighted by Crippen LogP contribution is -2.52. The Kier molecular flexibility index (Phi) is 10.6. The Hall–Kier alpha value is -3.07. The average molecular weight is 605 g/mol. The van der Waals surface area contributed by atoms with E-state index in [1.54, 1.807) is 55.5 Å². The molecule has 0 aromatic heterocycles. The number of nitrogens with zero attached hydrogens (tertiary/aromatic N) is 2. The van der Waals surface area contributed by atoms with Crippen LogP contribution >= 0.6 is 23.2 Å². The zero-order valence-corrected chi connectivity index (χ0v) is 25.6. The van der Waals surface area contributed by atoms with E-state index in [1.165, 1.54) is 17.0 Å². The van der Waals surface area contributed by atoms with Gasteiger partial charge in [0.2, 0.25) is 11.8 Å². The molecule has 7 nitrogen and oxygen atoms in total. The second-order valence-electron chi connectivity index (χ2n) is 10.2. The van der Waals surface area contributed by atoms with Gasteiger partial charge in [0.25, 0.3) is 10.0 Å². The van der Waals surface area contributed by atoms with Crippen molar-refractivity contribution in [2.75, 3.05) is 10.8 Å². The van der Waals surface area contributed by atoms with E-state index in [1.807, 2.05) is 39.8 Å². The Morgan fingerprint density at radius 1 is 0.850 bits per heavy atom. The summed E-state index contributed by atoms with van der Waals surface area (Å²) in [7, 11) is -4.12. The molecule has 1 unspecified atom stereocenters. The lowest BCUT2D eigenvalue weighted by molar-refractivity contribution is -0.139. The van der Waals surface area contributed by atoms with Crippen molar-refractivity contribution in [3.63, 3.8) is 0 Å². The molecule has 1 atom stereocenters. The summed E-state index contributed by atoms with van der Waals surface area (Å²) in [6.07, 6.45) is 0. The van der Waals surface area contributed by atoms with Gasteiger partial charge in [-0.1, -0.05) is 73.4 Å². The van der Waals surface area contributed by atoms with Crippen molar-refractivity contribution in [1.29, 1.82) is 0 Å². The molecule has 3 rings (SSSR count). The molecule has 0 aliphatic heterocycles. The molecule has 0 heterocycles. The molecule has 0 spiro atoms. The number of carbonyl (C=O) groups excluding carboxylic acids is 2. The molecule has 0 aliphatic rings. The molecule has 0 saturated carbocycles. The number of halogens is 2. The standard InChI is InChI=1S/C30H35Cl2N3O4S/c1-20(2)24-12-14-25(15-13-24)35(40(38,39)26-9-7-6-8-10-26)19-29(36)34(22(5)30(37)33-21(3)4)18-23-11-16-27(31)28(32)17-23/h6-17,20-22H,18-19H2,1-5H3,(H,33,37). The first-order valence-electron chi connectivity index (χ1n) is 13.0. The van der Waals surface area contributed by atoms with Crippen LogP contribution in [-0.2, 0) is 26.2 Å². The van der Waals surface area contributed by atoms with Crippen molar-refractivity contribution in [2.45, 2.75) is 64.1 Å². The van der Waals surface area contributed by atoms with Gasteiger partial charge in [-0.25, -0.2) is 8.42 Å². The quantitative estimate of drug-likeness (QED) is 0.280. The minimum absolute atomic E-state index is 0.0217. The predicted octanol–water partition coefficient (Wildman–Crippen LogP) is 6.25. The van der Waals surface area contributed by atoms with E-state index in [2.05, 4.69) is 5.32 Å². The molecule has 0 saturated heterocycles. The SMILES string of the molecule is CC(C)NC(=O)C(C)N(Cc1ccc(Cl)c(Cl)c1)C(=O)CN(c1ccc(C(C)C)cc1)S(=O)(=O)c1ccccc1. The van der Waals surface area contributed by atoms with Crippen molar-refractivity contribution in [1.82, 2.24) is 10.2 Å². The first kappa shape index (κ1) is 31.5. The van der Waals surface area contributed by atoms with Gasteiger partial charge in [0.15, 0.2) is 0 Å². The highest BCUT2D eigenvalue weighted by molar-refractivity contribution is 7.92. The summed E-state index contributed by atoms with van der Waals surface area (Å²) in [5.74, 6) is -0.663. The minimum Gasteiger partial charge on any atom is -0.352 e. The van der Waals surface area contributed by atoms with E-state index in [-0.39, 0.29) is 29.3 Å². The molecule has 0 aliphatic carbocycles. The fourth-order valence-corrected chi connectivity index (χ4v) is 5.85. The number of nitrogens with one attached hydrogen (secondary N) is 1. The Bertz CT molecular complexity index is 1430. The van der Waals surface area contributed by atoms with Crippen LogP contribution in [0.5, 0.6) is 0 Å². The van der Waals surface area contributed by atoms with E-state index in [0.29, 0.717) is 21.3 Å². The summed E-state index contributed by atoms with van der Waals surface area (Å²) in [4.78, 5) is 28.4. The first-order valence-corrected chi connectivity index (χ1v) is 15.2. The maximum Gasteiger partial charge on any atom is 0.264 e. The van der Waals surface area contributed by atoms with Gasteiger partial charge in [0.05, 0.1) is 20.6 Å². The number of sulfonamides is 1. The monoisotopic (exact) mass is 603 g/mol. The zero-order chi connectivity index (χ0) is 29.6. The summed E-state index contributed by atoms with van der Waals surface area (Å²) in [5, 5.41) is 3.50. The lowest BCUT2D eigenvalue weighted by atomic mass is 10.0. The van der Waals surface area contributed by atoms with Crippen LogP contribution in [0.1, 0.15) is 51.7 Å². The van der Waals surface area contributed by atoms with Crippen LogP contribution in [0, 0.1) is 0 Å². The van der Waals surface area contributed by atoms with Crippen LogP contribution in [0.15, 0.2) is 77.7 Å². The van der Waals surface area contributed by atoms with Crippen molar-refractivity contribution in [2.24, 2.45) is 0 Å². The number of hydrogen-bond acceptors (Lipinski definition) is 4. The second-order valence-corrected chi connectivity index (χ2v) is 12.9. The predicted molar refractivity (Wildman–Crippen MR) is 161 cm³/mol. The van der Waals surface area contributed by atoms with Crippen LogP contribution < -0.4 is 9.62 Å². The topological polar surface area (TPSA) is 86.8 Å².